The summed E-state index contributed by atoms with van der Waals surface area (Å²) < 4.78 is 7.73. The summed E-state index contributed by atoms with van der Waals surface area (Å²) in [6.45, 7) is 6.13. The molecule has 10 nitrogen and oxygen atoms in total. The zero-order chi connectivity index (χ0) is 30.8. The highest BCUT2D eigenvalue weighted by molar-refractivity contribution is 6.32. The lowest BCUT2D eigenvalue weighted by Gasteiger charge is -2.40. The number of rotatable bonds is 9. The summed E-state index contributed by atoms with van der Waals surface area (Å²) in [6, 6.07) is 11.1. The maximum Gasteiger partial charge on any atom is 0.330 e. The van der Waals surface area contributed by atoms with Gasteiger partial charge in [-0.2, -0.15) is 0 Å². The molecule has 0 saturated heterocycles. The number of aromatic nitrogens is 3. The van der Waals surface area contributed by atoms with Crippen molar-refractivity contribution in [1.82, 2.24) is 24.8 Å². The number of nitrogens with one attached hydrogen (secondary N) is 2. The first-order valence-corrected chi connectivity index (χ1v) is 13.9. The average molecular weight is 594 g/mol. The molecule has 1 aliphatic rings. The number of aryl methyl sites for hydroxylation is 1. The number of nitrogens with zero attached hydrogens (tertiary/aromatic N) is 3. The summed E-state index contributed by atoms with van der Waals surface area (Å²) in [4.78, 5) is 43.9. The van der Waals surface area contributed by atoms with Crippen LogP contribution < -0.4 is 26.6 Å². The lowest BCUT2D eigenvalue weighted by atomic mass is 9.72. The number of allylic oxidation sites excluding steroid dienone is 2. The molecule has 0 fully saturated rings. The molecule has 0 bridgehead atoms. The highest BCUT2D eigenvalue weighted by atomic mass is 35.5. The second-order valence-electron chi connectivity index (χ2n) is 11.1. The number of methoxy groups -OCH3 is 1. The van der Waals surface area contributed by atoms with Gasteiger partial charge in [-0.1, -0.05) is 61.0 Å². The summed E-state index contributed by atoms with van der Waals surface area (Å²) in [5.41, 5.74) is -0.674. The van der Waals surface area contributed by atoms with Gasteiger partial charge in [0.15, 0.2) is 0 Å². The van der Waals surface area contributed by atoms with Crippen LogP contribution in [0.25, 0.3) is 5.57 Å². The second kappa shape index (κ2) is 12.1. The van der Waals surface area contributed by atoms with E-state index in [2.05, 4.69) is 10.6 Å². The Labute approximate surface area is 249 Å². The highest BCUT2D eigenvalue weighted by Crippen LogP contribution is 2.44. The van der Waals surface area contributed by atoms with Crippen LogP contribution in [-0.4, -0.2) is 44.4 Å². The molecular weight excluding hydrogens is 558 g/mol. The predicted octanol–water partition coefficient (Wildman–Crippen LogP) is 2.92. The van der Waals surface area contributed by atoms with Crippen LogP contribution in [0.3, 0.4) is 0 Å². The van der Waals surface area contributed by atoms with E-state index < -0.39 is 34.2 Å². The Bertz CT molecular complexity index is 1680. The van der Waals surface area contributed by atoms with Gasteiger partial charge < -0.3 is 25.0 Å². The molecule has 2 atom stereocenters. The number of hydrogen-bond donors (Lipinski definition) is 3. The molecule has 42 heavy (non-hydrogen) atoms. The predicted molar refractivity (Wildman–Crippen MR) is 163 cm³/mol. The van der Waals surface area contributed by atoms with Crippen molar-refractivity contribution in [2.24, 2.45) is 20.0 Å². The molecule has 2 unspecified atom stereocenters. The fourth-order valence-corrected chi connectivity index (χ4v) is 5.36. The SMILES string of the molecule is COc1nc(C2(NC(=O)c3cn(C)c(=O)n(C)c3=O)C=CC=C(c3ccccc3Cl)C2C)ccc1CNCC(C)(C)O. The van der Waals surface area contributed by atoms with E-state index in [4.69, 9.17) is 21.3 Å². The number of amides is 1. The van der Waals surface area contributed by atoms with Crippen LogP contribution in [0.2, 0.25) is 5.02 Å². The van der Waals surface area contributed by atoms with Crippen molar-refractivity contribution in [1.29, 1.82) is 0 Å². The van der Waals surface area contributed by atoms with Gasteiger partial charge in [0, 0.05) is 49.9 Å². The molecule has 2 aromatic heterocycles. The van der Waals surface area contributed by atoms with E-state index in [0.717, 1.165) is 21.3 Å². The molecule has 1 aromatic carbocycles. The normalized spacial score (nSPS) is 18.5. The molecule has 1 amide bonds. The van der Waals surface area contributed by atoms with Crippen molar-refractivity contribution < 1.29 is 14.6 Å². The zero-order valence-electron chi connectivity index (χ0n) is 24.6. The molecule has 0 saturated carbocycles. The summed E-state index contributed by atoms with van der Waals surface area (Å²) in [7, 11) is 4.32. The molecule has 3 N–H and O–H groups in total. The molecule has 0 spiro atoms. The maximum absolute atomic E-state index is 13.8. The quantitative estimate of drug-likeness (QED) is 0.348. The number of benzene rings is 1. The Morgan fingerprint density at radius 3 is 2.57 bits per heavy atom. The molecular formula is C31H36ClN5O5. The van der Waals surface area contributed by atoms with Gasteiger partial charge in [0.05, 0.1) is 18.4 Å². The van der Waals surface area contributed by atoms with Crippen LogP contribution in [0.5, 0.6) is 5.88 Å². The summed E-state index contributed by atoms with van der Waals surface area (Å²) >= 11 is 6.59. The molecule has 3 aromatic rings. The van der Waals surface area contributed by atoms with Gasteiger partial charge in [0.1, 0.15) is 11.1 Å². The van der Waals surface area contributed by atoms with E-state index in [0.29, 0.717) is 29.7 Å². The van der Waals surface area contributed by atoms with Gasteiger partial charge in [-0.3, -0.25) is 14.2 Å². The minimum Gasteiger partial charge on any atom is -0.481 e. The van der Waals surface area contributed by atoms with Crippen molar-refractivity contribution in [2.45, 2.75) is 38.5 Å². The van der Waals surface area contributed by atoms with E-state index in [9.17, 15) is 19.5 Å². The van der Waals surface area contributed by atoms with E-state index in [1.165, 1.54) is 32.0 Å². The Morgan fingerprint density at radius 1 is 1.19 bits per heavy atom. The second-order valence-corrected chi connectivity index (χ2v) is 11.5. The Kier molecular flexibility index (Phi) is 8.91. The molecule has 2 heterocycles. The van der Waals surface area contributed by atoms with Crippen molar-refractivity contribution in [2.75, 3.05) is 13.7 Å². The van der Waals surface area contributed by atoms with Gasteiger partial charge >= 0.3 is 5.69 Å². The van der Waals surface area contributed by atoms with Crippen LogP contribution in [0.15, 0.2) is 70.4 Å². The van der Waals surface area contributed by atoms with Crippen LogP contribution in [0.4, 0.5) is 0 Å². The van der Waals surface area contributed by atoms with Crippen LogP contribution >= 0.6 is 11.6 Å². The molecule has 222 valence electrons. The van der Waals surface area contributed by atoms with Crippen molar-refractivity contribution in [3.63, 3.8) is 0 Å². The zero-order valence-corrected chi connectivity index (χ0v) is 25.3. The standard InChI is InChI=1S/C31H36ClN5O5/c1-19-21(22-10-7-8-12-24(22)32)11-9-15-31(19,35-26(38)23-17-36(4)29(40)37(5)28(23)39)25-14-13-20(27(34-25)42-6)16-33-18-30(2,3)41/h7-15,17,19,33,41H,16,18H2,1-6H3,(H,35,38). The number of halogens is 1. The van der Waals surface area contributed by atoms with Crippen LogP contribution in [0, 0.1) is 5.92 Å². The minimum absolute atomic E-state index is 0.187. The fourth-order valence-electron chi connectivity index (χ4n) is 5.11. The van der Waals surface area contributed by atoms with Gasteiger partial charge in [0.2, 0.25) is 5.88 Å². The molecule has 4 rings (SSSR count). The Hall–Kier alpha value is -3.99. The molecule has 0 radical (unpaired) electrons. The largest absolute Gasteiger partial charge is 0.481 e. The highest BCUT2D eigenvalue weighted by Gasteiger charge is 2.43. The number of carbonyl (C=O) groups is 1. The fraction of sp³-hybridized carbons (Fsp3) is 0.355. The monoisotopic (exact) mass is 593 g/mol. The summed E-state index contributed by atoms with van der Waals surface area (Å²) in [5.74, 6) is -0.726. The number of pyridine rings is 1. The average Bonchev–Trinajstić information content (AvgIpc) is 2.94. The summed E-state index contributed by atoms with van der Waals surface area (Å²) in [6.07, 6.45) is 6.83. The number of hydrogen-bond acceptors (Lipinski definition) is 7. The van der Waals surface area contributed by atoms with Crippen molar-refractivity contribution in [3.05, 3.63) is 109 Å². The maximum atomic E-state index is 13.8. The van der Waals surface area contributed by atoms with Crippen LogP contribution in [-0.2, 0) is 26.2 Å². The molecule has 0 aliphatic heterocycles. The third-order valence-corrected chi connectivity index (χ3v) is 7.74. The topological polar surface area (TPSA) is 127 Å². The minimum atomic E-state index is -1.23. The third kappa shape index (κ3) is 6.11. The van der Waals surface area contributed by atoms with Gasteiger partial charge in [-0.25, -0.2) is 9.78 Å². The first kappa shape index (κ1) is 31.0. The van der Waals surface area contributed by atoms with E-state index >= 15 is 0 Å². The van der Waals surface area contributed by atoms with Gasteiger partial charge in [-0.15, -0.1) is 0 Å². The Morgan fingerprint density at radius 2 is 1.90 bits per heavy atom. The number of ether oxygens (including phenoxy) is 1. The van der Waals surface area contributed by atoms with Crippen LogP contribution in [0.1, 0.15) is 48.0 Å². The van der Waals surface area contributed by atoms with Gasteiger partial charge in [-0.05, 0) is 37.1 Å². The summed E-state index contributed by atoms with van der Waals surface area (Å²) in [5, 5.41) is 16.9. The van der Waals surface area contributed by atoms with Crippen molar-refractivity contribution >= 4 is 23.1 Å². The number of carbonyl (C=O) groups excluding carboxylic acids is 1. The molecule has 11 heteroatoms. The third-order valence-electron chi connectivity index (χ3n) is 7.41. The number of aliphatic hydroxyl groups is 1. The van der Waals surface area contributed by atoms with Crippen molar-refractivity contribution in [3.8, 4) is 5.88 Å². The van der Waals surface area contributed by atoms with E-state index in [1.807, 2.05) is 49.4 Å². The Balaban J connectivity index is 1.83. The smallest absolute Gasteiger partial charge is 0.330 e. The first-order chi connectivity index (χ1) is 19.8. The lowest BCUT2D eigenvalue weighted by molar-refractivity contribution is 0.0794. The lowest BCUT2D eigenvalue weighted by Crippen LogP contribution is -2.52. The first-order valence-electron chi connectivity index (χ1n) is 13.5. The van der Waals surface area contributed by atoms with E-state index in [-0.39, 0.29) is 5.56 Å². The van der Waals surface area contributed by atoms with Gasteiger partial charge in [0.25, 0.3) is 11.5 Å². The molecule has 1 aliphatic carbocycles. The van der Waals surface area contributed by atoms with E-state index in [1.54, 1.807) is 26.0 Å².